The Balaban J connectivity index is 4.19. The zero-order valence-electron chi connectivity index (χ0n) is 7.81. The largest absolute Gasteiger partial charge is 0.572 e. The molecule has 0 aromatic rings. The van der Waals surface area contributed by atoms with Crippen molar-refractivity contribution in [1.82, 2.24) is 0 Å². The summed E-state index contributed by atoms with van der Waals surface area (Å²) in [5.41, 5.74) is 0. The van der Waals surface area contributed by atoms with Gasteiger partial charge in [0.05, 0.1) is 0 Å². The molecule has 0 atom stereocenters. The van der Waals surface area contributed by atoms with Crippen molar-refractivity contribution in [2.75, 3.05) is 21.0 Å². The lowest BCUT2D eigenvalue weighted by molar-refractivity contribution is -0.345. The van der Waals surface area contributed by atoms with Crippen LogP contribution in [0.1, 0.15) is 0 Å². The van der Waals surface area contributed by atoms with E-state index in [0.717, 1.165) is 14.2 Å². The van der Waals surface area contributed by atoms with Gasteiger partial charge < -0.3 is 13.3 Å². The van der Waals surface area contributed by atoms with Crippen molar-refractivity contribution in [3.63, 3.8) is 0 Å². The average Bonchev–Trinajstić information content (AvgIpc) is 2.10. The van der Waals surface area contributed by atoms with Crippen LogP contribution in [0.25, 0.3) is 0 Å². The summed E-state index contributed by atoms with van der Waals surface area (Å²) in [6.07, 6.45) is -4.95. The van der Waals surface area contributed by atoms with E-state index in [1.807, 2.05) is 0 Å². The van der Waals surface area contributed by atoms with Crippen molar-refractivity contribution in [1.29, 1.82) is 0 Å². The molecule has 0 N–H and O–H groups in total. The maximum atomic E-state index is 12.3. The molecule has 0 fully saturated rings. The molecule has 0 bridgehead atoms. The molecule has 0 spiro atoms. The predicted molar refractivity (Wildman–Crippen MR) is 38.9 cm³/mol. The lowest BCUT2D eigenvalue weighted by atomic mass is 11.3. The summed E-state index contributed by atoms with van der Waals surface area (Å²) in [5.74, 6) is 0. The van der Waals surface area contributed by atoms with Gasteiger partial charge in [0.2, 0.25) is 0 Å². The first-order chi connectivity index (χ1) is 6.77. The Bertz CT molecular complexity index is 183. The van der Waals surface area contributed by atoms with Crippen molar-refractivity contribution in [3.8, 4) is 0 Å². The van der Waals surface area contributed by atoms with Crippen molar-refractivity contribution in [2.45, 2.75) is 12.4 Å². The van der Waals surface area contributed by atoms with Crippen LogP contribution in [0.5, 0.6) is 0 Å². The Kier molecular flexibility index (Phi) is 5.59. The molecule has 0 aromatic heterocycles. The van der Waals surface area contributed by atoms with E-state index in [0.29, 0.717) is 0 Å². The first-order valence-electron chi connectivity index (χ1n) is 3.50. The molecule has 15 heavy (non-hydrogen) atoms. The zero-order chi connectivity index (χ0) is 12.1. The highest BCUT2D eigenvalue weighted by atomic mass is 28.4. The molecule has 0 aliphatic rings. The fourth-order valence-corrected chi connectivity index (χ4v) is 1.73. The summed E-state index contributed by atoms with van der Waals surface area (Å²) in [6, 6.07) is -3.15. The van der Waals surface area contributed by atoms with E-state index < -0.39 is 28.0 Å². The second-order valence-electron chi connectivity index (χ2n) is 2.16. The standard InChI is InChI=1S/C5H9F5O4Si/c1-11-15(12-2,4(6)7)14-3-13-5(8,9)10/h4H,3H2,1-2H3. The SMILES string of the molecule is CO[Si](OC)(OCOC(F)(F)F)C(F)F. The molecular weight excluding hydrogens is 247 g/mol. The van der Waals surface area contributed by atoms with Crippen molar-refractivity contribution < 1.29 is 40.0 Å². The minimum Gasteiger partial charge on any atom is -0.374 e. The zero-order valence-corrected chi connectivity index (χ0v) is 8.81. The van der Waals surface area contributed by atoms with Gasteiger partial charge in [0.1, 0.15) is 6.79 Å². The molecule has 0 amide bonds. The molecule has 0 aliphatic carbocycles. The summed E-state index contributed by atoms with van der Waals surface area (Å²) in [7, 11) is -2.67. The molecule has 0 rings (SSSR count). The van der Waals surface area contributed by atoms with Crippen molar-refractivity contribution in [2.24, 2.45) is 0 Å². The lowest BCUT2D eigenvalue weighted by Gasteiger charge is -2.25. The summed E-state index contributed by atoms with van der Waals surface area (Å²) in [4.78, 5) is 0. The number of alkyl halides is 5. The molecule has 0 saturated heterocycles. The quantitative estimate of drug-likeness (QED) is 0.410. The van der Waals surface area contributed by atoms with Gasteiger partial charge in [-0.25, -0.2) is 8.78 Å². The van der Waals surface area contributed by atoms with E-state index >= 15 is 0 Å². The van der Waals surface area contributed by atoms with Crippen LogP contribution in [0.4, 0.5) is 22.0 Å². The summed E-state index contributed by atoms with van der Waals surface area (Å²) >= 11 is 0. The number of halogens is 5. The minimum atomic E-state index is -4.95. The van der Waals surface area contributed by atoms with Gasteiger partial charge in [0, 0.05) is 14.2 Å². The second kappa shape index (κ2) is 5.70. The summed E-state index contributed by atoms with van der Waals surface area (Å²) < 4.78 is 74.9. The molecule has 0 aromatic carbocycles. The average molecular weight is 256 g/mol. The third kappa shape index (κ3) is 4.84. The summed E-state index contributed by atoms with van der Waals surface area (Å²) in [6.45, 7) is -1.40. The number of ether oxygens (including phenoxy) is 1. The fraction of sp³-hybridized carbons (Fsp3) is 1.00. The summed E-state index contributed by atoms with van der Waals surface area (Å²) in [5, 5.41) is 0. The van der Waals surface area contributed by atoms with Gasteiger partial charge in [0.15, 0.2) is 0 Å². The topological polar surface area (TPSA) is 36.9 Å². The Morgan fingerprint density at radius 2 is 1.60 bits per heavy atom. The van der Waals surface area contributed by atoms with Gasteiger partial charge in [-0.1, -0.05) is 0 Å². The number of hydrogen-bond acceptors (Lipinski definition) is 4. The van der Waals surface area contributed by atoms with Crippen LogP contribution in [0.3, 0.4) is 0 Å². The third-order valence-electron chi connectivity index (χ3n) is 1.32. The van der Waals surface area contributed by atoms with Gasteiger partial charge in [-0.05, 0) is 0 Å². The van der Waals surface area contributed by atoms with Gasteiger partial charge in [0.25, 0.3) is 0 Å². The Labute approximate surface area is 83.2 Å². The van der Waals surface area contributed by atoms with E-state index in [1.165, 1.54) is 0 Å². The molecule has 10 heteroatoms. The Morgan fingerprint density at radius 1 is 1.13 bits per heavy atom. The third-order valence-corrected chi connectivity index (χ3v) is 3.51. The van der Waals surface area contributed by atoms with Crippen LogP contribution in [-0.4, -0.2) is 42.2 Å². The minimum absolute atomic E-state index is 0.857. The van der Waals surface area contributed by atoms with E-state index in [9.17, 15) is 22.0 Å². The van der Waals surface area contributed by atoms with E-state index in [-0.39, 0.29) is 0 Å². The maximum Gasteiger partial charge on any atom is 0.572 e. The van der Waals surface area contributed by atoms with Crippen LogP contribution in [-0.2, 0) is 18.0 Å². The lowest BCUT2D eigenvalue weighted by Crippen LogP contribution is -2.52. The monoisotopic (exact) mass is 256 g/mol. The van der Waals surface area contributed by atoms with Crippen molar-refractivity contribution >= 4 is 8.80 Å². The van der Waals surface area contributed by atoms with Gasteiger partial charge in [-0.2, -0.15) is 0 Å². The van der Waals surface area contributed by atoms with E-state index in [4.69, 9.17) is 0 Å². The molecule has 0 unspecified atom stereocenters. The first-order valence-corrected chi connectivity index (χ1v) is 5.30. The van der Waals surface area contributed by atoms with Crippen LogP contribution in [0.2, 0.25) is 0 Å². The molecule has 0 radical (unpaired) electrons. The van der Waals surface area contributed by atoms with Crippen LogP contribution in [0, 0.1) is 0 Å². The number of rotatable bonds is 6. The molecule has 0 aliphatic heterocycles. The maximum absolute atomic E-state index is 12.3. The predicted octanol–water partition coefficient (Wildman–Crippen LogP) is 1.53. The fourth-order valence-electron chi connectivity index (χ4n) is 0.621. The van der Waals surface area contributed by atoms with Gasteiger partial charge >= 0.3 is 21.2 Å². The Morgan fingerprint density at radius 3 is 1.87 bits per heavy atom. The molecule has 4 nitrogen and oxygen atoms in total. The van der Waals surface area contributed by atoms with Gasteiger partial charge in [-0.15, -0.1) is 13.2 Å². The molecule has 0 heterocycles. The van der Waals surface area contributed by atoms with Crippen molar-refractivity contribution in [3.05, 3.63) is 0 Å². The Hall–Kier alpha value is -0.293. The normalized spacial score (nSPS) is 13.6. The molecule has 0 saturated carbocycles. The van der Waals surface area contributed by atoms with Gasteiger partial charge in [-0.3, -0.25) is 4.74 Å². The molecule has 92 valence electrons. The van der Waals surface area contributed by atoms with E-state index in [2.05, 4.69) is 18.0 Å². The van der Waals surface area contributed by atoms with E-state index in [1.54, 1.807) is 0 Å². The highest BCUT2D eigenvalue weighted by Gasteiger charge is 2.51. The second-order valence-corrected chi connectivity index (χ2v) is 4.91. The first kappa shape index (κ1) is 14.7. The number of hydrogen-bond donors (Lipinski definition) is 0. The van der Waals surface area contributed by atoms with Crippen LogP contribution in [0.15, 0.2) is 0 Å². The smallest absolute Gasteiger partial charge is 0.374 e. The highest BCUT2D eigenvalue weighted by Crippen LogP contribution is 2.20. The molecular formula is C5H9F5O4Si. The highest BCUT2D eigenvalue weighted by molar-refractivity contribution is 6.61. The van der Waals surface area contributed by atoms with Crippen LogP contribution < -0.4 is 0 Å². The van der Waals surface area contributed by atoms with Crippen LogP contribution >= 0.6 is 0 Å².